The van der Waals surface area contributed by atoms with Gasteiger partial charge >= 0.3 is 0 Å². The van der Waals surface area contributed by atoms with Gasteiger partial charge in [-0.2, -0.15) is 0 Å². The number of aliphatic hydroxyl groups is 1. The third kappa shape index (κ3) is 5.67. The first-order chi connectivity index (χ1) is 19.0. The third-order valence-electron chi connectivity index (χ3n) is 6.48. The van der Waals surface area contributed by atoms with Gasteiger partial charge in [0.1, 0.15) is 23.9 Å². The zero-order valence-corrected chi connectivity index (χ0v) is 21.5. The maximum absolute atomic E-state index is 13.4. The van der Waals surface area contributed by atoms with E-state index in [0.717, 1.165) is 11.1 Å². The number of likely N-dealkylation sites (tertiary alicyclic amines) is 1. The van der Waals surface area contributed by atoms with E-state index in [1.807, 2.05) is 55.5 Å². The van der Waals surface area contributed by atoms with Crippen LogP contribution in [0.4, 0.5) is 0 Å². The van der Waals surface area contributed by atoms with Crippen molar-refractivity contribution in [3.05, 3.63) is 131 Å². The summed E-state index contributed by atoms with van der Waals surface area (Å²) >= 11 is 0. The SMILES string of the molecule is CCOc1cccc(/C(O)=C2\C(=O)C(=O)N(Cc3cccnc3)C2c2ccc(OCc3ccccc3)cc2)c1. The molecule has 1 fully saturated rings. The van der Waals surface area contributed by atoms with Gasteiger partial charge in [-0.05, 0) is 53.9 Å². The summed E-state index contributed by atoms with van der Waals surface area (Å²) in [7, 11) is 0. The number of pyridine rings is 1. The number of carbonyl (C=O) groups is 2. The molecule has 1 saturated heterocycles. The number of hydrogen-bond donors (Lipinski definition) is 1. The van der Waals surface area contributed by atoms with Gasteiger partial charge in [-0.25, -0.2) is 0 Å². The van der Waals surface area contributed by atoms with Gasteiger partial charge in [0.05, 0.1) is 18.2 Å². The van der Waals surface area contributed by atoms with Crippen LogP contribution in [0.5, 0.6) is 11.5 Å². The van der Waals surface area contributed by atoms with Crippen molar-refractivity contribution in [1.29, 1.82) is 0 Å². The van der Waals surface area contributed by atoms with Crippen LogP contribution >= 0.6 is 0 Å². The van der Waals surface area contributed by atoms with E-state index in [1.165, 1.54) is 4.90 Å². The number of ether oxygens (including phenoxy) is 2. The summed E-state index contributed by atoms with van der Waals surface area (Å²) in [6, 6.07) is 26.7. The van der Waals surface area contributed by atoms with Gasteiger partial charge in [0.25, 0.3) is 11.7 Å². The number of hydrogen-bond acceptors (Lipinski definition) is 6. The highest BCUT2D eigenvalue weighted by molar-refractivity contribution is 6.46. The molecule has 1 unspecified atom stereocenters. The van der Waals surface area contributed by atoms with E-state index in [-0.39, 0.29) is 17.9 Å². The van der Waals surface area contributed by atoms with E-state index in [9.17, 15) is 14.7 Å². The summed E-state index contributed by atoms with van der Waals surface area (Å²) in [5, 5.41) is 11.4. The Morgan fingerprint density at radius 2 is 1.64 bits per heavy atom. The Balaban J connectivity index is 1.52. The molecule has 1 aliphatic rings. The molecule has 1 amide bonds. The Bertz CT molecular complexity index is 1480. The van der Waals surface area contributed by atoms with Crippen molar-refractivity contribution < 1.29 is 24.2 Å². The van der Waals surface area contributed by atoms with Crippen molar-refractivity contribution in [3.63, 3.8) is 0 Å². The van der Waals surface area contributed by atoms with Crippen molar-refractivity contribution in [2.45, 2.75) is 26.1 Å². The monoisotopic (exact) mass is 520 g/mol. The van der Waals surface area contributed by atoms with Crippen molar-refractivity contribution in [3.8, 4) is 11.5 Å². The zero-order valence-electron chi connectivity index (χ0n) is 21.5. The summed E-state index contributed by atoms with van der Waals surface area (Å²) in [4.78, 5) is 32.3. The smallest absolute Gasteiger partial charge is 0.295 e. The lowest BCUT2D eigenvalue weighted by Crippen LogP contribution is -2.29. The molecule has 39 heavy (non-hydrogen) atoms. The lowest BCUT2D eigenvalue weighted by molar-refractivity contribution is -0.140. The Kier molecular flexibility index (Phi) is 7.68. The van der Waals surface area contributed by atoms with E-state index < -0.39 is 17.7 Å². The fourth-order valence-electron chi connectivity index (χ4n) is 4.62. The van der Waals surface area contributed by atoms with Gasteiger partial charge in [-0.1, -0.05) is 60.7 Å². The predicted molar refractivity (Wildman–Crippen MR) is 147 cm³/mol. The number of benzene rings is 3. The van der Waals surface area contributed by atoms with E-state index in [4.69, 9.17) is 9.47 Å². The van der Waals surface area contributed by atoms with Gasteiger partial charge < -0.3 is 19.5 Å². The van der Waals surface area contributed by atoms with Crippen LogP contribution in [0.15, 0.2) is 109 Å². The fraction of sp³-hybridized carbons (Fsp3) is 0.156. The molecule has 3 aromatic carbocycles. The Morgan fingerprint density at radius 3 is 2.36 bits per heavy atom. The van der Waals surface area contributed by atoms with Crippen LogP contribution in [-0.4, -0.2) is 33.3 Å². The van der Waals surface area contributed by atoms with Gasteiger partial charge in [-0.3, -0.25) is 14.6 Å². The van der Waals surface area contributed by atoms with Crippen molar-refractivity contribution >= 4 is 17.4 Å². The Labute approximate surface area is 227 Å². The lowest BCUT2D eigenvalue weighted by atomic mass is 9.95. The predicted octanol–water partition coefficient (Wildman–Crippen LogP) is 5.68. The molecule has 0 bridgehead atoms. The quantitative estimate of drug-likeness (QED) is 0.174. The molecule has 5 rings (SSSR count). The maximum Gasteiger partial charge on any atom is 0.295 e. The molecule has 1 aromatic heterocycles. The Hall–Kier alpha value is -4.91. The Morgan fingerprint density at radius 1 is 0.872 bits per heavy atom. The summed E-state index contributed by atoms with van der Waals surface area (Å²) in [6.45, 7) is 2.89. The minimum absolute atomic E-state index is 0.0236. The number of amides is 1. The molecule has 7 nitrogen and oxygen atoms in total. The van der Waals surface area contributed by atoms with E-state index in [0.29, 0.717) is 35.8 Å². The molecule has 1 N–H and O–H groups in total. The molecule has 7 heteroatoms. The lowest BCUT2D eigenvalue weighted by Gasteiger charge is -2.25. The average Bonchev–Trinajstić information content (AvgIpc) is 3.22. The second-order valence-electron chi connectivity index (χ2n) is 9.09. The first-order valence-electron chi connectivity index (χ1n) is 12.7. The molecule has 2 heterocycles. The fourth-order valence-corrected chi connectivity index (χ4v) is 4.62. The first kappa shape index (κ1) is 25.7. The largest absolute Gasteiger partial charge is 0.507 e. The van der Waals surface area contributed by atoms with Crippen LogP contribution in [0, 0.1) is 0 Å². The molecule has 196 valence electrons. The second-order valence-corrected chi connectivity index (χ2v) is 9.09. The molecule has 1 aliphatic heterocycles. The second kappa shape index (κ2) is 11.6. The molecular weight excluding hydrogens is 492 g/mol. The number of aliphatic hydroxyl groups excluding tert-OH is 1. The maximum atomic E-state index is 13.4. The van der Waals surface area contributed by atoms with E-state index in [2.05, 4.69) is 4.98 Å². The number of nitrogens with zero attached hydrogens (tertiary/aromatic N) is 2. The van der Waals surface area contributed by atoms with Crippen molar-refractivity contribution in [2.75, 3.05) is 6.61 Å². The standard InChI is InChI=1S/C32H28N2O5/c1-2-38-27-12-6-11-25(18-27)30(35)28-29(34(32(37)31(28)36)20-23-10-7-17-33-19-23)24-13-15-26(16-14-24)39-21-22-8-4-3-5-9-22/h3-19,29,35H,2,20-21H2,1H3/b30-28+. The average molecular weight is 521 g/mol. The molecule has 0 saturated carbocycles. The van der Waals surface area contributed by atoms with Crippen LogP contribution in [-0.2, 0) is 22.7 Å². The normalized spacial score (nSPS) is 16.3. The topological polar surface area (TPSA) is 89.0 Å². The van der Waals surface area contributed by atoms with Crippen molar-refractivity contribution in [2.24, 2.45) is 0 Å². The highest BCUT2D eigenvalue weighted by Crippen LogP contribution is 2.41. The summed E-state index contributed by atoms with van der Waals surface area (Å²) in [5.41, 5.74) is 2.91. The van der Waals surface area contributed by atoms with Gasteiger partial charge in [0.2, 0.25) is 0 Å². The van der Waals surface area contributed by atoms with Crippen molar-refractivity contribution in [1.82, 2.24) is 9.88 Å². The third-order valence-corrected chi connectivity index (χ3v) is 6.48. The van der Waals surface area contributed by atoms with Crippen LogP contribution in [0.25, 0.3) is 5.76 Å². The highest BCUT2D eigenvalue weighted by atomic mass is 16.5. The van der Waals surface area contributed by atoms with Crippen LogP contribution in [0.1, 0.15) is 35.2 Å². The number of rotatable bonds is 9. The highest BCUT2D eigenvalue weighted by Gasteiger charge is 2.46. The van der Waals surface area contributed by atoms with Gasteiger partial charge in [0.15, 0.2) is 0 Å². The number of Topliss-reactive ketones (excluding diaryl/α,β-unsaturated/α-hetero) is 1. The molecular formula is C32H28N2O5. The van der Waals surface area contributed by atoms with Crippen LogP contribution in [0.3, 0.4) is 0 Å². The number of carbonyl (C=O) groups excluding carboxylic acids is 2. The van der Waals surface area contributed by atoms with Gasteiger partial charge in [0, 0.05) is 24.5 Å². The molecule has 1 atom stereocenters. The molecule has 0 radical (unpaired) electrons. The van der Waals surface area contributed by atoms with Crippen LogP contribution in [0.2, 0.25) is 0 Å². The zero-order chi connectivity index (χ0) is 27.2. The minimum atomic E-state index is -0.802. The van der Waals surface area contributed by atoms with E-state index >= 15 is 0 Å². The van der Waals surface area contributed by atoms with E-state index in [1.54, 1.807) is 54.9 Å². The number of aromatic nitrogens is 1. The molecule has 0 spiro atoms. The summed E-state index contributed by atoms with van der Waals surface area (Å²) in [6.07, 6.45) is 3.30. The summed E-state index contributed by atoms with van der Waals surface area (Å²) < 4.78 is 11.5. The number of ketones is 1. The molecule has 0 aliphatic carbocycles. The van der Waals surface area contributed by atoms with Crippen LogP contribution < -0.4 is 9.47 Å². The minimum Gasteiger partial charge on any atom is -0.507 e. The summed E-state index contributed by atoms with van der Waals surface area (Å²) in [5.74, 6) is -0.472. The molecule has 4 aromatic rings. The first-order valence-corrected chi connectivity index (χ1v) is 12.7. The van der Waals surface area contributed by atoms with Gasteiger partial charge in [-0.15, -0.1) is 0 Å².